The highest BCUT2D eigenvalue weighted by atomic mass is 28.3. The van der Waals surface area contributed by atoms with Gasteiger partial charge >= 0.3 is 5.97 Å². The molecular weight excluding hydrogens is 286 g/mol. The number of carbonyl (C=O) groups excluding carboxylic acids is 1. The average Bonchev–Trinajstić information content (AvgIpc) is 2.86. The summed E-state index contributed by atoms with van der Waals surface area (Å²) in [5.74, 6) is 0.375. The molecule has 0 aromatic carbocycles. The highest BCUT2D eigenvalue weighted by molar-refractivity contribution is 6.76. The van der Waals surface area contributed by atoms with Gasteiger partial charge in [-0.2, -0.15) is 5.10 Å². The van der Waals surface area contributed by atoms with E-state index in [9.17, 15) is 4.79 Å². The van der Waals surface area contributed by atoms with Gasteiger partial charge in [0.05, 0.1) is 7.11 Å². The molecule has 7 heteroatoms. The maximum absolute atomic E-state index is 11.5. The molecule has 1 heterocycles. The first-order valence-corrected chi connectivity index (χ1v) is 11.0. The summed E-state index contributed by atoms with van der Waals surface area (Å²) < 4.78 is 12.1. The van der Waals surface area contributed by atoms with Crippen LogP contribution in [0.4, 0.5) is 5.82 Å². The molecule has 0 aliphatic carbocycles. The van der Waals surface area contributed by atoms with Crippen molar-refractivity contribution in [2.45, 2.75) is 51.8 Å². The van der Waals surface area contributed by atoms with Crippen molar-refractivity contribution < 1.29 is 14.3 Å². The first-order valence-electron chi connectivity index (χ1n) is 7.31. The quantitative estimate of drug-likeness (QED) is 0.431. The van der Waals surface area contributed by atoms with Crippen molar-refractivity contribution in [3.05, 3.63) is 12.3 Å². The van der Waals surface area contributed by atoms with Gasteiger partial charge in [0.25, 0.3) is 0 Å². The summed E-state index contributed by atoms with van der Waals surface area (Å²) in [6.07, 6.45) is 2.48. The number of methoxy groups -OCH3 is 1. The zero-order valence-electron chi connectivity index (χ0n) is 13.7. The molecular formula is C14H27N3O3Si. The van der Waals surface area contributed by atoms with E-state index in [4.69, 9.17) is 9.47 Å². The molecule has 1 N–H and O–H groups in total. The number of nitrogens with one attached hydrogen (secondary N) is 1. The molecule has 0 amide bonds. The molecule has 0 spiro atoms. The fourth-order valence-corrected chi connectivity index (χ4v) is 2.45. The Morgan fingerprint density at radius 3 is 2.76 bits per heavy atom. The summed E-state index contributed by atoms with van der Waals surface area (Å²) in [5.41, 5.74) is 0. The summed E-state index contributed by atoms with van der Waals surface area (Å²) >= 11 is 0. The van der Waals surface area contributed by atoms with E-state index in [0.717, 1.165) is 12.7 Å². The molecule has 0 saturated carbocycles. The number of nitrogens with zero attached hydrogens (tertiary/aromatic N) is 2. The van der Waals surface area contributed by atoms with Crippen molar-refractivity contribution >= 4 is 19.9 Å². The van der Waals surface area contributed by atoms with Gasteiger partial charge in [-0.25, -0.2) is 9.48 Å². The standard InChI is InChI=1S/C14H27N3O3Si/c1-6-12(14(18)19-2)15-13-7-8-17(16-13)11-20-9-10-21(3,4)5/h7-8,12H,6,9-11H2,1-5H3,(H,15,16). The summed E-state index contributed by atoms with van der Waals surface area (Å²) in [6.45, 7) is 10.1. The van der Waals surface area contributed by atoms with Crippen LogP contribution in [0.3, 0.4) is 0 Å². The van der Waals surface area contributed by atoms with E-state index in [1.54, 1.807) is 4.68 Å². The van der Waals surface area contributed by atoms with Crippen LogP contribution in [0.5, 0.6) is 0 Å². The van der Waals surface area contributed by atoms with Crippen molar-refractivity contribution in [1.82, 2.24) is 9.78 Å². The number of ether oxygens (including phenoxy) is 2. The molecule has 1 unspecified atom stereocenters. The molecule has 0 bridgehead atoms. The smallest absolute Gasteiger partial charge is 0.328 e. The predicted octanol–water partition coefficient (Wildman–Crippen LogP) is 2.56. The van der Waals surface area contributed by atoms with E-state index in [0.29, 0.717) is 19.0 Å². The van der Waals surface area contributed by atoms with Crippen molar-refractivity contribution in [1.29, 1.82) is 0 Å². The molecule has 120 valence electrons. The first-order chi connectivity index (χ1) is 9.85. The molecule has 0 fully saturated rings. The van der Waals surface area contributed by atoms with E-state index >= 15 is 0 Å². The van der Waals surface area contributed by atoms with Gasteiger partial charge in [-0.3, -0.25) is 0 Å². The number of hydrogen-bond donors (Lipinski definition) is 1. The Balaban J connectivity index is 2.40. The Hall–Kier alpha value is -1.34. The minimum absolute atomic E-state index is 0.279. The Kier molecular flexibility index (Phi) is 6.90. The first kappa shape index (κ1) is 17.7. The zero-order valence-corrected chi connectivity index (χ0v) is 14.7. The van der Waals surface area contributed by atoms with E-state index in [1.165, 1.54) is 7.11 Å². The second-order valence-electron chi connectivity index (χ2n) is 6.22. The number of anilines is 1. The van der Waals surface area contributed by atoms with Gasteiger partial charge in [0, 0.05) is 26.9 Å². The fraction of sp³-hybridized carbons (Fsp3) is 0.714. The van der Waals surface area contributed by atoms with Crippen LogP contribution >= 0.6 is 0 Å². The third-order valence-electron chi connectivity index (χ3n) is 3.08. The van der Waals surface area contributed by atoms with Gasteiger partial charge < -0.3 is 14.8 Å². The van der Waals surface area contributed by atoms with Crippen LogP contribution < -0.4 is 5.32 Å². The molecule has 1 rings (SSSR count). The Bertz CT molecular complexity index is 443. The molecule has 6 nitrogen and oxygen atoms in total. The maximum Gasteiger partial charge on any atom is 0.328 e. The zero-order chi connectivity index (χ0) is 15.9. The van der Waals surface area contributed by atoms with E-state index in [-0.39, 0.29) is 12.0 Å². The van der Waals surface area contributed by atoms with E-state index in [2.05, 4.69) is 30.1 Å². The van der Waals surface area contributed by atoms with Crippen molar-refractivity contribution in [2.75, 3.05) is 19.0 Å². The van der Waals surface area contributed by atoms with Crippen molar-refractivity contribution in [2.24, 2.45) is 0 Å². The van der Waals surface area contributed by atoms with Crippen LogP contribution in [0.2, 0.25) is 25.7 Å². The molecule has 1 aromatic rings. The fourth-order valence-electron chi connectivity index (χ4n) is 1.70. The van der Waals surface area contributed by atoms with Crippen molar-refractivity contribution in [3.8, 4) is 0 Å². The molecule has 0 radical (unpaired) electrons. The number of aromatic nitrogens is 2. The van der Waals surface area contributed by atoms with Crippen molar-refractivity contribution in [3.63, 3.8) is 0 Å². The Morgan fingerprint density at radius 1 is 1.48 bits per heavy atom. The van der Waals surface area contributed by atoms with Crippen LogP contribution in [-0.2, 0) is 21.0 Å². The lowest BCUT2D eigenvalue weighted by molar-refractivity contribution is -0.141. The molecule has 0 aliphatic rings. The summed E-state index contributed by atoms with van der Waals surface area (Å²) in [5, 5.41) is 7.39. The number of esters is 1. The molecule has 0 aliphatic heterocycles. The van der Waals surface area contributed by atoms with Gasteiger partial charge in [-0.15, -0.1) is 0 Å². The monoisotopic (exact) mass is 313 g/mol. The lowest BCUT2D eigenvalue weighted by atomic mass is 10.2. The highest BCUT2D eigenvalue weighted by Gasteiger charge is 2.17. The van der Waals surface area contributed by atoms with Crippen LogP contribution in [0.25, 0.3) is 0 Å². The van der Waals surface area contributed by atoms with Crippen LogP contribution in [0, 0.1) is 0 Å². The highest BCUT2D eigenvalue weighted by Crippen LogP contribution is 2.10. The normalized spacial score (nSPS) is 13.0. The maximum atomic E-state index is 11.5. The third-order valence-corrected chi connectivity index (χ3v) is 4.78. The Morgan fingerprint density at radius 2 is 2.19 bits per heavy atom. The SMILES string of the molecule is CCC(Nc1ccn(COCC[Si](C)(C)C)n1)C(=O)OC. The lowest BCUT2D eigenvalue weighted by Crippen LogP contribution is -2.30. The molecule has 21 heavy (non-hydrogen) atoms. The van der Waals surface area contributed by atoms with Gasteiger partial charge in [-0.1, -0.05) is 26.6 Å². The second-order valence-corrected chi connectivity index (χ2v) is 11.8. The summed E-state index contributed by atoms with van der Waals surface area (Å²) in [6, 6.07) is 2.60. The van der Waals surface area contributed by atoms with E-state index in [1.807, 2.05) is 19.2 Å². The van der Waals surface area contributed by atoms with Crippen LogP contribution in [0.1, 0.15) is 13.3 Å². The van der Waals surface area contributed by atoms with Crippen LogP contribution in [-0.4, -0.2) is 43.6 Å². The summed E-state index contributed by atoms with van der Waals surface area (Å²) in [4.78, 5) is 11.5. The van der Waals surface area contributed by atoms with Crippen LogP contribution in [0.15, 0.2) is 12.3 Å². The summed E-state index contributed by atoms with van der Waals surface area (Å²) in [7, 11) is 0.334. The number of hydrogen-bond acceptors (Lipinski definition) is 5. The lowest BCUT2D eigenvalue weighted by Gasteiger charge is -2.15. The van der Waals surface area contributed by atoms with Gasteiger partial charge in [0.15, 0.2) is 0 Å². The molecule has 1 atom stereocenters. The van der Waals surface area contributed by atoms with Gasteiger partial charge in [0.1, 0.15) is 18.6 Å². The number of carbonyl (C=O) groups is 1. The van der Waals surface area contributed by atoms with Gasteiger partial charge in [0.2, 0.25) is 0 Å². The largest absolute Gasteiger partial charge is 0.467 e. The second kappa shape index (κ2) is 8.19. The third kappa shape index (κ3) is 6.77. The molecule has 0 saturated heterocycles. The number of rotatable bonds is 9. The topological polar surface area (TPSA) is 65.4 Å². The minimum Gasteiger partial charge on any atom is -0.467 e. The molecule has 1 aromatic heterocycles. The predicted molar refractivity (Wildman–Crippen MR) is 86.0 cm³/mol. The minimum atomic E-state index is -1.05. The van der Waals surface area contributed by atoms with Gasteiger partial charge in [-0.05, 0) is 12.5 Å². The average molecular weight is 313 g/mol. The Labute approximate surface area is 127 Å². The van der Waals surface area contributed by atoms with E-state index < -0.39 is 8.07 Å².